The van der Waals surface area contributed by atoms with E-state index in [4.69, 9.17) is 9.84 Å². The van der Waals surface area contributed by atoms with Crippen LogP contribution in [0.2, 0.25) is 0 Å². The fourth-order valence-corrected chi connectivity index (χ4v) is 3.09. The molecule has 0 bridgehead atoms. The van der Waals surface area contributed by atoms with Gasteiger partial charge in [0.15, 0.2) is 6.10 Å². The molecular formula is C14H18N2O4. The van der Waals surface area contributed by atoms with Crippen molar-refractivity contribution in [1.29, 1.82) is 0 Å². The van der Waals surface area contributed by atoms with Crippen molar-refractivity contribution < 1.29 is 19.4 Å². The molecule has 1 unspecified atom stereocenters. The van der Waals surface area contributed by atoms with Crippen molar-refractivity contribution in [3.63, 3.8) is 0 Å². The van der Waals surface area contributed by atoms with Crippen LogP contribution in [0.1, 0.15) is 37.4 Å². The summed E-state index contributed by atoms with van der Waals surface area (Å²) in [6.45, 7) is 0.708. The van der Waals surface area contributed by atoms with Crippen molar-refractivity contribution >= 4 is 11.9 Å². The number of nitrogens with zero attached hydrogens (tertiary/aromatic N) is 1. The van der Waals surface area contributed by atoms with Gasteiger partial charge < -0.3 is 19.7 Å². The van der Waals surface area contributed by atoms with Gasteiger partial charge in [0, 0.05) is 18.4 Å². The van der Waals surface area contributed by atoms with Gasteiger partial charge in [-0.2, -0.15) is 0 Å². The van der Waals surface area contributed by atoms with Gasteiger partial charge in [-0.05, 0) is 37.8 Å². The van der Waals surface area contributed by atoms with Gasteiger partial charge in [0.2, 0.25) is 0 Å². The fraction of sp³-hybridized carbons (Fsp3) is 0.571. The number of likely N-dealkylation sites (tertiary alicyclic amines) is 1. The number of H-pyrrole nitrogens is 1. The lowest BCUT2D eigenvalue weighted by atomic mass is 10.1. The normalized spacial score (nSPS) is 29.8. The molecule has 108 valence electrons. The molecule has 0 spiro atoms. The van der Waals surface area contributed by atoms with Gasteiger partial charge in [0.1, 0.15) is 6.10 Å². The second kappa shape index (κ2) is 5.28. The van der Waals surface area contributed by atoms with Crippen LogP contribution in [0.5, 0.6) is 0 Å². The molecule has 2 aliphatic rings. The lowest BCUT2D eigenvalue weighted by molar-refractivity contribution is -0.155. The highest BCUT2D eigenvalue weighted by molar-refractivity contribution is 5.83. The maximum Gasteiger partial charge on any atom is 0.332 e. The van der Waals surface area contributed by atoms with Crippen molar-refractivity contribution in [2.75, 3.05) is 6.54 Å². The van der Waals surface area contributed by atoms with Gasteiger partial charge in [-0.3, -0.25) is 4.79 Å². The van der Waals surface area contributed by atoms with E-state index in [1.165, 1.54) is 0 Å². The third kappa shape index (κ3) is 2.31. The Hall–Kier alpha value is -1.82. The maximum atomic E-state index is 12.5. The molecule has 6 heteroatoms. The standard InChI is InChI=1S/C14H18N2O4/c17-13(11-5-6-12(20-11)14(18)19)16-8-2-4-10(16)9-3-1-7-15-9/h1,3,7,10-12,15H,2,4-6,8H2,(H,18,19)/t10?,11-,12+/m0/s1. The van der Waals surface area contributed by atoms with Crippen LogP contribution >= 0.6 is 0 Å². The first-order valence-corrected chi connectivity index (χ1v) is 6.99. The number of aromatic amines is 1. The number of hydrogen-bond donors (Lipinski definition) is 2. The summed E-state index contributed by atoms with van der Waals surface area (Å²) in [5.74, 6) is -1.06. The second-order valence-electron chi connectivity index (χ2n) is 5.34. The number of carboxylic acids is 1. The summed E-state index contributed by atoms with van der Waals surface area (Å²) in [6.07, 6.45) is 3.20. The summed E-state index contributed by atoms with van der Waals surface area (Å²) in [5, 5.41) is 8.93. The molecule has 1 amide bonds. The summed E-state index contributed by atoms with van der Waals surface area (Å²) in [4.78, 5) is 28.4. The van der Waals surface area contributed by atoms with Gasteiger partial charge in [0.05, 0.1) is 6.04 Å². The summed E-state index contributed by atoms with van der Waals surface area (Å²) >= 11 is 0. The fourth-order valence-electron chi connectivity index (χ4n) is 3.09. The zero-order valence-corrected chi connectivity index (χ0v) is 11.1. The van der Waals surface area contributed by atoms with E-state index in [1.807, 2.05) is 23.2 Å². The van der Waals surface area contributed by atoms with Gasteiger partial charge in [-0.1, -0.05) is 0 Å². The lowest BCUT2D eigenvalue weighted by Gasteiger charge is -2.26. The Morgan fingerprint density at radius 1 is 1.30 bits per heavy atom. The number of carbonyl (C=O) groups excluding carboxylic acids is 1. The van der Waals surface area contributed by atoms with Crippen molar-refractivity contribution in [3.05, 3.63) is 24.0 Å². The molecule has 0 radical (unpaired) electrons. The Morgan fingerprint density at radius 3 is 2.75 bits per heavy atom. The molecule has 6 nitrogen and oxygen atoms in total. The molecule has 2 N–H and O–H groups in total. The highest BCUT2D eigenvalue weighted by Gasteiger charge is 2.40. The van der Waals surface area contributed by atoms with Gasteiger partial charge in [0.25, 0.3) is 5.91 Å². The summed E-state index contributed by atoms with van der Waals surface area (Å²) in [5.41, 5.74) is 1.03. The number of hydrogen-bond acceptors (Lipinski definition) is 3. The highest BCUT2D eigenvalue weighted by atomic mass is 16.5. The van der Waals surface area contributed by atoms with Crippen LogP contribution < -0.4 is 0 Å². The maximum absolute atomic E-state index is 12.5. The van der Waals surface area contributed by atoms with Crippen LogP contribution in [0.25, 0.3) is 0 Å². The van der Waals surface area contributed by atoms with E-state index >= 15 is 0 Å². The Labute approximate surface area is 116 Å². The van der Waals surface area contributed by atoms with E-state index in [0.717, 1.165) is 18.5 Å². The van der Waals surface area contributed by atoms with Gasteiger partial charge in [-0.25, -0.2) is 4.79 Å². The largest absolute Gasteiger partial charge is 0.479 e. The second-order valence-corrected chi connectivity index (χ2v) is 5.34. The quantitative estimate of drug-likeness (QED) is 0.873. The first kappa shape index (κ1) is 13.2. The van der Waals surface area contributed by atoms with E-state index in [2.05, 4.69) is 4.98 Å². The smallest absolute Gasteiger partial charge is 0.332 e. The van der Waals surface area contributed by atoms with Crippen LogP contribution in [-0.4, -0.2) is 45.6 Å². The Bertz CT molecular complexity index is 499. The van der Waals surface area contributed by atoms with Crippen LogP contribution in [0.4, 0.5) is 0 Å². The minimum Gasteiger partial charge on any atom is -0.479 e. The molecule has 20 heavy (non-hydrogen) atoms. The number of nitrogens with one attached hydrogen (secondary N) is 1. The lowest BCUT2D eigenvalue weighted by Crippen LogP contribution is -2.39. The molecule has 2 saturated heterocycles. The molecule has 2 aliphatic heterocycles. The van der Waals surface area contributed by atoms with Crippen LogP contribution in [0, 0.1) is 0 Å². The summed E-state index contributed by atoms with van der Waals surface area (Å²) in [6, 6.07) is 3.96. The molecule has 3 heterocycles. The highest BCUT2D eigenvalue weighted by Crippen LogP contribution is 2.33. The summed E-state index contributed by atoms with van der Waals surface area (Å²) < 4.78 is 5.36. The van der Waals surface area contributed by atoms with E-state index in [-0.39, 0.29) is 11.9 Å². The molecule has 0 aliphatic carbocycles. The third-order valence-electron chi connectivity index (χ3n) is 4.09. The number of aliphatic carboxylic acids is 1. The van der Waals surface area contributed by atoms with Crippen molar-refractivity contribution in [1.82, 2.24) is 9.88 Å². The first-order chi connectivity index (χ1) is 9.66. The Kier molecular flexibility index (Phi) is 3.48. The van der Waals surface area contributed by atoms with Crippen molar-refractivity contribution in [3.8, 4) is 0 Å². The number of carboxylic acid groups (broad SMARTS) is 1. The van der Waals surface area contributed by atoms with E-state index in [0.29, 0.717) is 19.4 Å². The van der Waals surface area contributed by atoms with Gasteiger partial charge >= 0.3 is 5.97 Å². The molecular weight excluding hydrogens is 260 g/mol. The zero-order chi connectivity index (χ0) is 14.1. The molecule has 3 atom stereocenters. The summed E-state index contributed by atoms with van der Waals surface area (Å²) in [7, 11) is 0. The van der Waals surface area contributed by atoms with E-state index in [1.54, 1.807) is 0 Å². The number of rotatable bonds is 3. The molecule has 1 aromatic rings. The van der Waals surface area contributed by atoms with Crippen LogP contribution in [0.15, 0.2) is 18.3 Å². The Balaban J connectivity index is 1.69. The predicted molar refractivity (Wildman–Crippen MR) is 70.0 cm³/mol. The van der Waals surface area contributed by atoms with Crippen LogP contribution in [0.3, 0.4) is 0 Å². The average Bonchev–Trinajstić information content (AvgIpc) is 3.17. The predicted octanol–water partition coefficient (Wildman–Crippen LogP) is 1.31. The minimum atomic E-state index is -0.984. The third-order valence-corrected chi connectivity index (χ3v) is 4.09. The first-order valence-electron chi connectivity index (χ1n) is 6.99. The van der Waals surface area contributed by atoms with Crippen molar-refractivity contribution in [2.24, 2.45) is 0 Å². The number of carbonyl (C=O) groups is 2. The number of aromatic nitrogens is 1. The average molecular weight is 278 g/mol. The van der Waals surface area contributed by atoms with Crippen molar-refractivity contribution in [2.45, 2.75) is 43.9 Å². The SMILES string of the molecule is O=C(O)[C@H]1CC[C@@H](C(=O)N2CCCC2c2ccc[nH]2)O1. The molecule has 1 aromatic heterocycles. The molecule has 0 aromatic carbocycles. The number of ether oxygens (including phenoxy) is 1. The molecule has 3 rings (SSSR count). The van der Waals surface area contributed by atoms with E-state index < -0.39 is 18.2 Å². The molecule has 2 fully saturated rings. The number of amides is 1. The van der Waals surface area contributed by atoms with E-state index in [9.17, 15) is 9.59 Å². The zero-order valence-electron chi connectivity index (χ0n) is 11.1. The topological polar surface area (TPSA) is 82.6 Å². The molecule has 0 saturated carbocycles. The Morgan fingerprint density at radius 2 is 2.10 bits per heavy atom. The monoisotopic (exact) mass is 278 g/mol. The van der Waals surface area contributed by atoms with Crippen LogP contribution in [-0.2, 0) is 14.3 Å². The van der Waals surface area contributed by atoms with Gasteiger partial charge in [-0.15, -0.1) is 0 Å². The minimum absolute atomic E-state index is 0.0602.